The number of methoxy groups -OCH3 is 1. The molecular formula is C15H21NO5S. The molecule has 1 amide bonds. The van der Waals surface area contributed by atoms with Crippen LogP contribution in [0.25, 0.3) is 0 Å². The van der Waals surface area contributed by atoms with E-state index in [1.807, 2.05) is 5.38 Å². The molecule has 0 aromatic carbocycles. The summed E-state index contributed by atoms with van der Waals surface area (Å²) in [6, 6.07) is 0. The number of rotatable bonds is 6. The molecule has 1 aromatic heterocycles. The van der Waals surface area contributed by atoms with Crippen LogP contribution in [0.3, 0.4) is 0 Å². The van der Waals surface area contributed by atoms with E-state index in [4.69, 9.17) is 18.9 Å². The first-order valence-corrected chi connectivity index (χ1v) is 8.44. The van der Waals surface area contributed by atoms with Gasteiger partial charge in [0.1, 0.15) is 18.1 Å². The lowest BCUT2D eigenvalue weighted by Crippen LogP contribution is -2.39. The molecule has 3 rings (SSSR count). The Kier molecular flexibility index (Phi) is 5.17. The van der Waals surface area contributed by atoms with E-state index in [1.54, 1.807) is 12.0 Å². The molecule has 122 valence electrons. The molecule has 1 unspecified atom stereocenters. The molecule has 0 saturated carbocycles. The van der Waals surface area contributed by atoms with Crippen LogP contribution in [0.4, 0.5) is 0 Å². The van der Waals surface area contributed by atoms with Crippen LogP contribution in [-0.2, 0) is 9.47 Å². The van der Waals surface area contributed by atoms with Gasteiger partial charge in [0, 0.05) is 32.2 Å². The molecule has 6 nitrogen and oxygen atoms in total. The molecule has 0 aliphatic carbocycles. The molecule has 0 radical (unpaired) electrons. The molecule has 22 heavy (non-hydrogen) atoms. The summed E-state index contributed by atoms with van der Waals surface area (Å²) in [5.41, 5.74) is 0. The van der Waals surface area contributed by atoms with Gasteiger partial charge in [-0.3, -0.25) is 4.79 Å². The van der Waals surface area contributed by atoms with Crippen molar-refractivity contribution in [1.82, 2.24) is 4.90 Å². The Balaban J connectivity index is 1.74. The lowest BCUT2D eigenvalue weighted by atomic mass is 10.2. The second-order valence-electron chi connectivity index (χ2n) is 5.33. The lowest BCUT2D eigenvalue weighted by Gasteiger charge is -2.25. The minimum absolute atomic E-state index is 0.0377. The van der Waals surface area contributed by atoms with Crippen molar-refractivity contribution < 1.29 is 23.7 Å². The Morgan fingerprint density at radius 2 is 2.27 bits per heavy atom. The Labute approximate surface area is 133 Å². The second-order valence-corrected chi connectivity index (χ2v) is 6.21. The minimum Gasteiger partial charge on any atom is -0.485 e. The summed E-state index contributed by atoms with van der Waals surface area (Å²) >= 11 is 1.37. The normalized spacial score (nSPS) is 20.1. The summed E-state index contributed by atoms with van der Waals surface area (Å²) in [6.07, 6.45) is 2.18. The van der Waals surface area contributed by atoms with Gasteiger partial charge < -0.3 is 23.8 Å². The van der Waals surface area contributed by atoms with Crippen LogP contribution in [0, 0.1) is 0 Å². The zero-order valence-corrected chi connectivity index (χ0v) is 13.5. The fraction of sp³-hybridized carbons (Fsp3) is 0.667. The number of nitrogens with zero attached hydrogens (tertiary/aromatic N) is 1. The van der Waals surface area contributed by atoms with Crippen LogP contribution >= 0.6 is 11.3 Å². The van der Waals surface area contributed by atoms with Crippen molar-refractivity contribution >= 4 is 17.2 Å². The van der Waals surface area contributed by atoms with Crippen molar-refractivity contribution in [2.45, 2.75) is 18.9 Å². The van der Waals surface area contributed by atoms with Crippen LogP contribution in [0.2, 0.25) is 0 Å². The summed E-state index contributed by atoms with van der Waals surface area (Å²) < 4.78 is 21.9. The Bertz CT molecular complexity index is 512. The average Bonchev–Trinajstić information content (AvgIpc) is 3.20. The SMILES string of the molecule is COCCN(CC1CCCO1)C(=O)c1scc2c1OCCO2. The highest BCUT2D eigenvalue weighted by Gasteiger charge is 2.29. The largest absolute Gasteiger partial charge is 0.485 e. The average molecular weight is 327 g/mol. The highest BCUT2D eigenvalue weighted by molar-refractivity contribution is 7.12. The molecule has 1 fully saturated rings. The molecule has 1 atom stereocenters. The van der Waals surface area contributed by atoms with Crippen molar-refractivity contribution in [3.05, 3.63) is 10.3 Å². The predicted octanol–water partition coefficient (Wildman–Crippen LogP) is 1.79. The summed E-state index contributed by atoms with van der Waals surface area (Å²) in [4.78, 5) is 15.3. The van der Waals surface area contributed by atoms with Crippen molar-refractivity contribution in [3.8, 4) is 11.5 Å². The summed E-state index contributed by atoms with van der Waals surface area (Å²) in [5, 5.41) is 1.84. The van der Waals surface area contributed by atoms with Crippen molar-refractivity contribution in [3.63, 3.8) is 0 Å². The standard InChI is InChI=1S/C15H21NO5S/c1-18-6-4-16(9-11-3-2-5-19-11)15(17)14-13-12(10-22-14)20-7-8-21-13/h10-11H,2-9H2,1H3. The molecule has 0 bridgehead atoms. The Hall–Kier alpha value is -1.31. The van der Waals surface area contributed by atoms with Gasteiger partial charge in [-0.05, 0) is 12.8 Å². The molecule has 0 N–H and O–H groups in total. The maximum absolute atomic E-state index is 12.9. The van der Waals surface area contributed by atoms with Crippen LogP contribution in [0.15, 0.2) is 5.38 Å². The first kappa shape index (κ1) is 15.6. The van der Waals surface area contributed by atoms with Gasteiger partial charge in [-0.1, -0.05) is 0 Å². The molecule has 1 saturated heterocycles. The summed E-state index contributed by atoms with van der Waals surface area (Å²) in [6.45, 7) is 3.43. The van der Waals surface area contributed by atoms with Gasteiger partial charge in [0.2, 0.25) is 0 Å². The van der Waals surface area contributed by atoms with Crippen molar-refractivity contribution in [1.29, 1.82) is 0 Å². The topological polar surface area (TPSA) is 57.2 Å². The molecule has 1 aromatic rings. The molecule has 2 aliphatic rings. The third kappa shape index (κ3) is 3.37. The molecule has 3 heterocycles. The number of hydrogen-bond donors (Lipinski definition) is 0. The minimum atomic E-state index is -0.0377. The fourth-order valence-corrected chi connectivity index (χ4v) is 3.56. The monoisotopic (exact) mass is 327 g/mol. The van der Waals surface area contributed by atoms with Crippen LogP contribution in [0.1, 0.15) is 22.5 Å². The molecule has 7 heteroatoms. The first-order chi connectivity index (χ1) is 10.8. The van der Waals surface area contributed by atoms with E-state index in [0.29, 0.717) is 49.3 Å². The van der Waals surface area contributed by atoms with E-state index in [9.17, 15) is 4.79 Å². The molecule has 0 spiro atoms. The third-order valence-electron chi connectivity index (χ3n) is 3.80. The number of amides is 1. The van der Waals surface area contributed by atoms with Crippen LogP contribution < -0.4 is 9.47 Å². The highest BCUT2D eigenvalue weighted by atomic mass is 32.1. The van der Waals surface area contributed by atoms with Gasteiger partial charge in [0.25, 0.3) is 5.91 Å². The Morgan fingerprint density at radius 1 is 1.41 bits per heavy atom. The zero-order chi connectivity index (χ0) is 15.4. The smallest absolute Gasteiger partial charge is 0.268 e. The van der Waals surface area contributed by atoms with E-state index in [0.717, 1.165) is 19.4 Å². The highest BCUT2D eigenvalue weighted by Crippen LogP contribution is 2.40. The number of hydrogen-bond acceptors (Lipinski definition) is 6. The van der Waals surface area contributed by atoms with E-state index >= 15 is 0 Å². The van der Waals surface area contributed by atoms with Crippen LogP contribution in [0.5, 0.6) is 11.5 Å². The van der Waals surface area contributed by atoms with E-state index in [2.05, 4.69) is 0 Å². The lowest BCUT2D eigenvalue weighted by molar-refractivity contribution is 0.0454. The maximum atomic E-state index is 12.9. The van der Waals surface area contributed by atoms with E-state index < -0.39 is 0 Å². The van der Waals surface area contributed by atoms with E-state index in [-0.39, 0.29) is 12.0 Å². The van der Waals surface area contributed by atoms with Gasteiger partial charge >= 0.3 is 0 Å². The first-order valence-electron chi connectivity index (χ1n) is 7.56. The summed E-state index contributed by atoms with van der Waals surface area (Å²) in [5.74, 6) is 1.21. The van der Waals surface area contributed by atoms with E-state index in [1.165, 1.54) is 11.3 Å². The van der Waals surface area contributed by atoms with Gasteiger partial charge in [0.05, 0.1) is 12.7 Å². The zero-order valence-electron chi connectivity index (χ0n) is 12.7. The second kappa shape index (κ2) is 7.30. The molecular weight excluding hydrogens is 306 g/mol. The number of fused-ring (bicyclic) bond motifs is 1. The van der Waals surface area contributed by atoms with Crippen molar-refractivity contribution in [2.75, 3.05) is 46.6 Å². The quantitative estimate of drug-likeness (QED) is 0.797. The number of carbonyl (C=O) groups is 1. The summed E-state index contributed by atoms with van der Waals surface area (Å²) in [7, 11) is 1.64. The maximum Gasteiger partial charge on any atom is 0.268 e. The number of thiophene rings is 1. The fourth-order valence-electron chi connectivity index (χ4n) is 2.67. The van der Waals surface area contributed by atoms with Gasteiger partial charge in [-0.15, -0.1) is 11.3 Å². The molecule has 2 aliphatic heterocycles. The predicted molar refractivity (Wildman–Crippen MR) is 82.1 cm³/mol. The van der Waals surface area contributed by atoms with Gasteiger partial charge in [-0.25, -0.2) is 0 Å². The van der Waals surface area contributed by atoms with Gasteiger partial charge in [0.15, 0.2) is 11.5 Å². The number of carbonyl (C=O) groups excluding carboxylic acids is 1. The Morgan fingerprint density at radius 3 is 3.05 bits per heavy atom. The van der Waals surface area contributed by atoms with Crippen LogP contribution in [-0.4, -0.2) is 63.5 Å². The van der Waals surface area contributed by atoms with Crippen molar-refractivity contribution in [2.24, 2.45) is 0 Å². The number of ether oxygens (including phenoxy) is 4. The van der Waals surface area contributed by atoms with Gasteiger partial charge in [-0.2, -0.15) is 0 Å². The third-order valence-corrected chi connectivity index (χ3v) is 4.72.